The molecular formula is C32H37F3N4O5S. The van der Waals surface area contributed by atoms with Gasteiger partial charge in [0.25, 0.3) is 5.91 Å². The first-order chi connectivity index (χ1) is 21.4. The Kier molecular flexibility index (Phi) is 11.6. The molecule has 0 aliphatic carbocycles. The Morgan fingerprint density at radius 3 is 2.51 bits per heavy atom. The lowest BCUT2D eigenvalue weighted by Gasteiger charge is -2.31. The molecule has 0 spiro atoms. The normalized spacial score (nSPS) is 17.1. The lowest BCUT2D eigenvalue weighted by Crippen LogP contribution is -2.52. The number of hydrogen-bond acceptors (Lipinski definition) is 8. The first-order valence-electron chi connectivity index (χ1n) is 14.5. The fourth-order valence-corrected chi connectivity index (χ4v) is 5.84. The van der Waals surface area contributed by atoms with Gasteiger partial charge in [-0.2, -0.15) is 0 Å². The summed E-state index contributed by atoms with van der Waals surface area (Å²) in [7, 11) is 0. The Morgan fingerprint density at radius 1 is 1.13 bits per heavy atom. The first kappa shape index (κ1) is 33.9. The van der Waals surface area contributed by atoms with Crippen molar-refractivity contribution in [2.75, 3.05) is 30.3 Å². The van der Waals surface area contributed by atoms with Gasteiger partial charge in [0.2, 0.25) is 0 Å². The van der Waals surface area contributed by atoms with Crippen LogP contribution >= 0.6 is 11.9 Å². The van der Waals surface area contributed by atoms with Gasteiger partial charge in [-0.05, 0) is 66.2 Å². The highest BCUT2D eigenvalue weighted by Crippen LogP contribution is 2.30. The van der Waals surface area contributed by atoms with Gasteiger partial charge in [-0.25, -0.2) is 9.10 Å². The van der Waals surface area contributed by atoms with Gasteiger partial charge in [0, 0.05) is 29.7 Å². The molecule has 3 aromatic carbocycles. The van der Waals surface area contributed by atoms with Crippen LogP contribution < -0.4 is 20.7 Å². The quantitative estimate of drug-likeness (QED) is 0.152. The van der Waals surface area contributed by atoms with Gasteiger partial charge in [-0.15, -0.1) is 13.2 Å². The predicted octanol–water partition coefficient (Wildman–Crippen LogP) is 5.64. The predicted molar refractivity (Wildman–Crippen MR) is 167 cm³/mol. The van der Waals surface area contributed by atoms with Crippen molar-refractivity contribution in [3.05, 3.63) is 84.4 Å². The fourth-order valence-electron chi connectivity index (χ4n) is 4.73. The maximum Gasteiger partial charge on any atom is 0.573 e. The molecule has 9 nitrogen and oxygen atoms in total. The summed E-state index contributed by atoms with van der Waals surface area (Å²) >= 11 is 1.49. The molecule has 1 fully saturated rings. The highest BCUT2D eigenvalue weighted by molar-refractivity contribution is 7.97. The molecule has 0 saturated carbocycles. The number of cyclic esters (lactones) is 1. The highest BCUT2D eigenvalue weighted by Gasteiger charge is 2.39. The number of rotatable bonds is 14. The van der Waals surface area contributed by atoms with Gasteiger partial charge >= 0.3 is 12.5 Å². The average Bonchev–Trinajstić information content (AvgIpc) is 3.39. The third-order valence-corrected chi connectivity index (χ3v) is 8.31. The number of aliphatic hydroxyl groups excluding tert-OH is 1. The van der Waals surface area contributed by atoms with Crippen LogP contribution in [0.4, 0.5) is 29.3 Å². The fraction of sp³-hybridized carbons (Fsp3) is 0.375. The topological polar surface area (TPSA) is 117 Å². The van der Waals surface area contributed by atoms with E-state index in [-0.39, 0.29) is 18.8 Å². The van der Waals surface area contributed by atoms with Gasteiger partial charge in [0.15, 0.2) is 6.10 Å². The average molecular weight is 647 g/mol. The summed E-state index contributed by atoms with van der Waals surface area (Å²) in [6, 6.07) is 20.9. The lowest BCUT2D eigenvalue weighted by molar-refractivity contribution is -0.274. The number of alkyl halides is 3. The summed E-state index contributed by atoms with van der Waals surface area (Å²) < 4.78 is 49.4. The summed E-state index contributed by atoms with van der Waals surface area (Å²) in [5.41, 5.74) is 7.46. The number of nitrogens with zero attached hydrogens (tertiary/aromatic N) is 2. The molecule has 0 radical (unpaired) electrons. The van der Waals surface area contributed by atoms with Crippen molar-refractivity contribution in [1.29, 1.82) is 0 Å². The van der Waals surface area contributed by atoms with Crippen molar-refractivity contribution < 1.29 is 37.3 Å². The molecule has 242 valence electrons. The third-order valence-electron chi connectivity index (χ3n) is 7.28. The molecule has 1 aliphatic rings. The molecule has 2 amide bonds. The molecule has 4 N–H and O–H groups in total. The molecule has 1 saturated heterocycles. The van der Waals surface area contributed by atoms with Crippen LogP contribution in [0, 0.1) is 5.92 Å². The maximum absolute atomic E-state index is 13.4. The maximum atomic E-state index is 13.4. The standard InChI is InChI=1S/C32H37F3N4O5S/c1-3-21(2)18-38(45-26-14-12-23(36)13-15-26)19-28(40)27(16-22-8-5-4-6-9-22)37-30(41)29-20-39(31(42)43-29)24-10-7-11-25(17-24)44-32(33,34)35/h4-15,17,21,27-29,40H,3,16,18-20,36H2,1-2H3,(H,37,41). The Bertz CT molecular complexity index is 1410. The van der Waals surface area contributed by atoms with E-state index in [1.165, 1.54) is 24.1 Å². The second-order valence-corrected chi connectivity index (χ2v) is 12.1. The molecule has 45 heavy (non-hydrogen) atoms. The first-order valence-corrected chi connectivity index (χ1v) is 15.3. The van der Waals surface area contributed by atoms with Crippen LogP contribution in [0.25, 0.3) is 0 Å². The molecule has 1 aliphatic heterocycles. The van der Waals surface area contributed by atoms with Crippen molar-refractivity contribution in [3.8, 4) is 5.75 Å². The number of amides is 2. The van der Waals surface area contributed by atoms with Crippen LogP contribution in [-0.2, 0) is 16.0 Å². The number of nitrogens with two attached hydrogens (primary N) is 1. The van der Waals surface area contributed by atoms with Gasteiger partial charge < -0.3 is 25.6 Å². The molecule has 1 heterocycles. The minimum Gasteiger partial charge on any atom is -0.434 e. The van der Waals surface area contributed by atoms with E-state index in [4.69, 9.17) is 10.5 Å². The van der Waals surface area contributed by atoms with E-state index in [9.17, 15) is 27.9 Å². The molecule has 13 heteroatoms. The number of hydrogen-bond donors (Lipinski definition) is 3. The van der Waals surface area contributed by atoms with Gasteiger partial charge in [0.05, 0.1) is 24.4 Å². The number of anilines is 2. The third kappa shape index (κ3) is 10.3. The minimum atomic E-state index is -4.90. The molecule has 4 rings (SSSR count). The van der Waals surface area contributed by atoms with Crippen LogP contribution in [0.15, 0.2) is 83.8 Å². The largest absolute Gasteiger partial charge is 0.573 e. The van der Waals surface area contributed by atoms with E-state index < -0.39 is 42.4 Å². The smallest absolute Gasteiger partial charge is 0.434 e. The number of nitrogens with one attached hydrogen (secondary N) is 1. The number of ether oxygens (including phenoxy) is 2. The zero-order valence-electron chi connectivity index (χ0n) is 24.9. The number of nitrogen functional groups attached to an aromatic ring is 1. The summed E-state index contributed by atoms with van der Waals surface area (Å²) in [6.45, 7) is 4.89. The number of carbonyl (C=O) groups excluding carboxylic acids is 2. The summed E-state index contributed by atoms with van der Waals surface area (Å²) in [5, 5.41) is 14.4. The Balaban J connectivity index is 1.48. The molecular weight excluding hydrogens is 609 g/mol. The van der Waals surface area contributed by atoms with Crippen molar-refractivity contribution >= 4 is 35.3 Å². The minimum absolute atomic E-state index is 0.0818. The SMILES string of the molecule is CCC(C)CN(CC(O)C(Cc1ccccc1)NC(=O)C1CN(c2cccc(OC(F)(F)F)c2)C(=O)O1)Sc1ccc(N)cc1. The monoisotopic (exact) mass is 646 g/mol. The van der Waals surface area contributed by atoms with E-state index in [0.29, 0.717) is 24.6 Å². The number of halogens is 3. The van der Waals surface area contributed by atoms with Crippen LogP contribution in [0.5, 0.6) is 5.75 Å². The summed E-state index contributed by atoms with van der Waals surface area (Å²) in [5.74, 6) is -0.803. The second-order valence-electron chi connectivity index (χ2n) is 10.9. The molecule has 0 bridgehead atoms. The second kappa shape index (κ2) is 15.4. The van der Waals surface area contributed by atoms with Crippen LogP contribution in [0.3, 0.4) is 0 Å². The Hall–Kier alpha value is -3.94. The number of benzene rings is 3. The van der Waals surface area contributed by atoms with E-state index in [2.05, 4.69) is 28.2 Å². The highest BCUT2D eigenvalue weighted by atomic mass is 32.2. The zero-order chi connectivity index (χ0) is 32.6. The van der Waals surface area contributed by atoms with Crippen LogP contribution in [0.1, 0.15) is 25.8 Å². The Labute approximate surface area is 264 Å². The van der Waals surface area contributed by atoms with E-state index >= 15 is 0 Å². The van der Waals surface area contributed by atoms with Crippen molar-refractivity contribution in [1.82, 2.24) is 9.62 Å². The van der Waals surface area contributed by atoms with Crippen LogP contribution in [0.2, 0.25) is 0 Å². The van der Waals surface area contributed by atoms with Gasteiger partial charge in [-0.3, -0.25) is 9.69 Å². The van der Waals surface area contributed by atoms with Gasteiger partial charge in [-0.1, -0.05) is 56.7 Å². The molecule has 4 atom stereocenters. The lowest BCUT2D eigenvalue weighted by atomic mass is 10.0. The van der Waals surface area contributed by atoms with Crippen molar-refractivity contribution in [2.24, 2.45) is 5.92 Å². The van der Waals surface area contributed by atoms with Crippen molar-refractivity contribution in [3.63, 3.8) is 0 Å². The molecule has 3 aromatic rings. The van der Waals surface area contributed by atoms with E-state index in [0.717, 1.165) is 33.9 Å². The van der Waals surface area contributed by atoms with Gasteiger partial charge in [0.1, 0.15) is 5.75 Å². The Morgan fingerprint density at radius 2 is 1.84 bits per heavy atom. The molecule has 4 unspecified atom stereocenters. The number of carbonyl (C=O) groups is 2. The summed E-state index contributed by atoms with van der Waals surface area (Å²) in [6.07, 6.45) is -6.82. The number of aliphatic hydroxyl groups is 1. The van der Waals surface area contributed by atoms with Crippen LogP contribution in [-0.4, -0.2) is 65.7 Å². The van der Waals surface area contributed by atoms with E-state index in [1.807, 2.05) is 54.6 Å². The van der Waals surface area contributed by atoms with Crippen molar-refractivity contribution in [2.45, 2.75) is 56.2 Å². The zero-order valence-corrected chi connectivity index (χ0v) is 25.8. The summed E-state index contributed by atoms with van der Waals surface area (Å²) in [4.78, 5) is 28.1. The molecule has 0 aromatic heterocycles. The van der Waals surface area contributed by atoms with E-state index in [1.54, 1.807) is 0 Å².